The normalized spacial score (nSPS) is 11.7. The maximum absolute atomic E-state index is 10.5. The third-order valence-corrected chi connectivity index (χ3v) is 2.57. The lowest BCUT2D eigenvalue weighted by atomic mass is 10.2. The minimum Gasteiger partial charge on any atom is -0.544 e. The highest BCUT2D eigenvalue weighted by molar-refractivity contribution is 6.70. The third kappa shape index (κ3) is 4.31. The average Bonchev–Trinajstić information content (AvgIpc) is 2.14. The Bertz CT molecular complexity index is 405. The van der Waals surface area contributed by atoms with Crippen LogP contribution in [0.5, 0.6) is 5.75 Å². The molecule has 0 radical (unpaired) electrons. The van der Waals surface area contributed by atoms with Gasteiger partial charge < -0.3 is 9.53 Å². The standard InChI is InChI=1S/C12H16O3Si/c1-16(2,3)15-11-7-5-4-6-10(11)8-9-12(13)14/h4-9H,1-3H3,(H,13,14)/b9-8+. The summed E-state index contributed by atoms with van der Waals surface area (Å²) in [6.07, 6.45) is 2.67. The molecule has 1 rings (SSSR count). The van der Waals surface area contributed by atoms with E-state index in [0.29, 0.717) is 0 Å². The van der Waals surface area contributed by atoms with Crippen LogP contribution >= 0.6 is 0 Å². The Morgan fingerprint density at radius 1 is 1.31 bits per heavy atom. The van der Waals surface area contributed by atoms with Gasteiger partial charge in [-0.3, -0.25) is 0 Å². The first kappa shape index (κ1) is 12.5. The lowest BCUT2D eigenvalue weighted by Crippen LogP contribution is -2.29. The second-order valence-corrected chi connectivity index (χ2v) is 8.85. The van der Waals surface area contributed by atoms with Gasteiger partial charge in [-0.1, -0.05) is 18.2 Å². The van der Waals surface area contributed by atoms with Crippen LogP contribution in [0.4, 0.5) is 0 Å². The van der Waals surface area contributed by atoms with Crippen LogP contribution in [0.15, 0.2) is 30.3 Å². The molecular formula is C12H16O3Si. The summed E-state index contributed by atoms with van der Waals surface area (Å²) >= 11 is 0. The van der Waals surface area contributed by atoms with Crippen LogP contribution in [0, 0.1) is 0 Å². The lowest BCUT2D eigenvalue weighted by Gasteiger charge is -2.20. The van der Waals surface area contributed by atoms with Crippen molar-refractivity contribution in [2.24, 2.45) is 0 Å². The van der Waals surface area contributed by atoms with Crippen LogP contribution in [0.2, 0.25) is 19.6 Å². The second kappa shape index (κ2) is 4.98. The smallest absolute Gasteiger partial charge is 0.328 e. The van der Waals surface area contributed by atoms with Gasteiger partial charge in [-0.2, -0.15) is 0 Å². The molecule has 0 aromatic heterocycles. The molecule has 1 aromatic rings. The highest BCUT2D eigenvalue weighted by Crippen LogP contribution is 2.22. The molecule has 1 aromatic carbocycles. The molecule has 0 heterocycles. The van der Waals surface area contributed by atoms with Crippen molar-refractivity contribution in [3.8, 4) is 5.75 Å². The maximum Gasteiger partial charge on any atom is 0.328 e. The third-order valence-electron chi connectivity index (χ3n) is 1.74. The van der Waals surface area contributed by atoms with Gasteiger partial charge in [0.15, 0.2) is 0 Å². The number of para-hydroxylation sites is 1. The molecule has 0 aliphatic heterocycles. The zero-order valence-electron chi connectivity index (χ0n) is 9.73. The van der Waals surface area contributed by atoms with Gasteiger partial charge in [0.1, 0.15) is 5.75 Å². The van der Waals surface area contributed by atoms with E-state index in [2.05, 4.69) is 19.6 Å². The number of aliphatic carboxylic acids is 1. The fraction of sp³-hybridized carbons (Fsp3) is 0.250. The van der Waals surface area contributed by atoms with E-state index in [1.165, 1.54) is 0 Å². The van der Waals surface area contributed by atoms with E-state index >= 15 is 0 Å². The molecular weight excluding hydrogens is 220 g/mol. The van der Waals surface area contributed by atoms with E-state index in [1.54, 1.807) is 6.08 Å². The van der Waals surface area contributed by atoms with Crippen LogP contribution < -0.4 is 4.43 Å². The van der Waals surface area contributed by atoms with Gasteiger partial charge >= 0.3 is 5.97 Å². The molecule has 3 nitrogen and oxygen atoms in total. The lowest BCUT2D eigenvalue weighted by molar-refractivity contribution is -0.131. The summed E-state index contributed by atoms with van der Waals surface area (Å²) in [4.78, 5) is 10.5. The largest absolute Gasteiger partial charge is 0.544 e. The van der Waals surface area contributed by atoms with Crippen LogP contribution in [0.1, 0.15) is 5.56 Å². The molecule has 1 N–H and O–H groups in total. The average molecular weight is 236 g/mol. The van der Waals surface area contributed by atoms with E-state index in [4.69, 9.17) is 9.53 Å². The first-order valence-electron chi connectivity index (χ1n) is 5.07. The molecule has 0 fully saturated rings. The maximum atomic E-state index is 10.5. The molecule has 0 bridgehead atoms. The molecule has 0 aliphatic carbocycles. The predicted molar refractivity (Wildman–Crippen MR) is 67.1 cm³/mol. The molecule has 0 amide bonds. The minimum atomic E-state index is -1.67. The molecule has 0 unspecified atom stereocenters. The minimum absolute atomic E-state index is 0.749. The summed E-state index contributed by atoms with van der Waals surface area (Å²) in [7, 11) is -1.67. The van der Waals surface area contributed by atoms with Crippen molar-refractivity contribution in [1.82, 2.24) is 0 Å². The summed E-state index contributed by atoms with van der Waals surface area (Å²) in [6.45, 7) is 6.26. The Morgan fingerprint density at radius 3 is 2.50 bits per heavy atom. The highest BCUT2D eigenvalue weighted by Gasteiger charge is 2.17. The van der Waals surface area contributed by atoms with Crippen LogP contribution in [0.25, 0.3) is 6.08 Å². The monoisotopic (exact) mass is 236 g/mol. The predicted octanol–water partition coefficient (Wildman–Crippen LogP) is 3.00. The highest BCUT2D eigenvalue weighted by atomic mass is 28.4. The van der Waals surface area contributed by atoms with Gasteiger partial charge in [0, 0.05) is 11.6 Å². The van der Waals surface area contributed by atoms with E-state index in [1.807, 2.05) is 24.3 Å². The van der Waals surface area contributed by atoms with Crippen LogP contribution in [-0.2, 0) is 4.79 Å². The summed E-state index contributed by atoms with van der Waals surface area (Å²) in [6, 6.07) is 7.45. The molecule has 0 saturated carbocycles. The Balaban J connectivity index is 2.96. The number of carboxylic acid groups (broad SMARTS) is 1. The fourth-order valence-corrected chi connectivity index (χ4v) is 2.05. The van der Waals surface area contributed by atoms with Gasteiger partial charge in [0.25, 0.3) is 0 Å². The Labute approximate surface area is 96.5 Å². The number of hydrogen-bond donors (Lipinski definition) is 1. The first-order chi connectivity index (χ1) is 7.38. The molecule has 0 saturated heterocycles. The van der Waals surface area contributed by atoms with Gasteiger partial charge in [0.05, 0.1) is 0 Å². The van der Waals surface area contributed by atoms with Gasteiger partial charge in [-0.25, -0.2) is 4.79 Å². The summed E-state index contributed by atoms with van der Waals surface area (Å²) < 4.78 is 5.86. The number of rotatable bonds is 4. The van der Waals surface area contributed by atoms with Crippen LogP contribution in [-0.4, -0.2) is 19.4 Å². The summed E-state index contributed by atoms with van der Waals surface area (Å²) in [5.41, 5.74) is 0.798. The van der Waals surface area contributed by atoms with Crippen molar-refractivity contribution in [3.05, 3.63) is 35.9 Å². The Hall–Kier alpha value is -1.55. The van der Waals surface area contributed by atoms with Crippen molar-refractivity contribution >= 4 is 20.4 Å². The molecule has 16 heavy (non-hydrogen) atoms. The topological polar surface area (TPSA) is 46.5 Å². The van der Waals surface area contributed by atoms with Gasteiger partial charge in [-0.15, -0.1) is 0 Å². The van der Waals surface area contributed by atoms with Crippen molar-refractivity contribution < 1.29 is 14.3 Å². The zero-order chi connectivity index (χ0) is 12.2. The van der Waals surface area contributed by atoms with Crippen molar-refractivity contribution in [3.63, 3.8) is 0 Å². The Kier molecular flexibility index (Phi) is 3.90. The molecule has 0 spiro atoms. The Morgan fingerprint density at radius 2 is 1.94 bits per heavy atom. The molecule has 0 atom stereocenters. The van der Waals surface area contributed by atoms with E-state index in [-0.39, 0.29) is 0 Å². The molecule has 4 heteroatoms. The number of carboxylic acids is 1. The summed E-state index contributed by atoms with van der Waals surface area (Å²) in [5.74, 6) is -0.207. The quantitative estimate of drug-likeness (QED) is 0.645. The number of carbonyl (C=O) groups is 1. The van der Waals surface area contributed by atoms with Gasteiger partial charge in [0.2, 0.25) is 8.32 Å². The van der Waals surface area contributed by atoms with Crippen molar-refractivity contribution in [1.29, 1.82) is 0 Å². The summed E-state index contributed by atoms with van der Waals surface area (Å²) in [5, 5.41) is 8.58. The van der Waals surface area contributed by atoms with E-state index in [0.717, 1.165) is 17.4 Å². The van der Waals surface area contributed by atoms with Crippen molar-refractivity contribution in [2.75, 3.05) is 0 Å². The van der Waals surface area contributed by atoms with E-state index < -0.39 is 14.3 Å². The van der Waals surface area contributed by atoms with Crippen molar-refractivity contribution in [2.45, 2.75) is 19.6 Å². The number of benzene rings is 1. The first-order valence-corrected chi connectivity index (χ1v) is 8.48. The number of hydrogen-bond acceptors (Lipinski definition) is 2. The molecule has 86 valence electrons. The van der Waals surface area contributed by atoms with Gasteiger partial charge in [-0.05, 0) is 31.8 Å². The molecule has 0 aliphatic rings. The fourth-order valence-electron chi connectivity index (χ4n) is 1.20. The van der Waals surface area contributed by atoms with E-state index in [9.17, 15) is 4.79 Å². The zero-order valence-corrected chi connectivity index (χ0v) is 10.7. The SMILES string of the molecule is C[Si](C)(C)Oc1ccccc1/C=C/C(=O)O. The van der Waals surface area contributed by atoms with Crippen LogP contribution in [0.3, 0.4) is 0 Å². The second-order valence-electron chi connectivity index (χ2n) is 4.42.